The van der Waals surface area contributed by atoms with E-state index in [1.807, 2.05) is 13.8 Å². The lowest BCUT2D eigenvalue weighted by Crippen LogP contribution is -2.64. The Bertz CT molecular complexity index is 969. The van der Waals surface area contributed by atoms with Gasteiger partial charge in [0, 0.05) is 41.2 Å². The van der Waals surface area contributed by atoms with Crippen LogP contribution in [0.5, 0.6) is 0 Å². The highest BCUT2D eigenvalue weighted by Crippen LogP contribution is 2.87. The van der Waals surface area contributed by atoms with Gasteiger partial charge in [0.05, 0.1) is 12.7 Å². The first kappa shape index (κ1) is 27.6. The van der Waals surface area contributed by atoms with E-state index in [1.54, 1.807) is 0 Å². The van der Waals surface area contributed by atoms with Crippen molar-refractivity contribution in [3.05, 3.63) is 0 Å². The van der Waals surface area contributed by atoms with Gasteiger partial charge in [0.1, 0.15) is 5.78 Å². The monoisotopic (exact) mass is 516 g/mol. The van der Waals surface area contributed by atoms with Gasteiger partial charge in [-0.25, -0.2) is 0 Å². The fourth-order valence-electron chi connectivity index (χ4n) is 11.2. The van der Waals surface area contributed by atoms with Crippen LogP contribution in [-0.4, -0.2) is 65.7 Å². The third-order valence-electron chi connectivity index (χ3n) is 13.8. The predicted molar refractivity (Wildman–Crippen MR) is 145 cm³/mol. The number of aliphatic hydroxyl groups is 2. The maximum atomic E-state index is 14.4. The van der Waals surface area contributed by atoms with Gasteiger partial charge in [-0.15, -0.1) is 0 Å². The number of carbonyl (C=O) groups is 2. The lowest BCUT2D eigenvalue weighted by atomic mass is 9.41. The Morgan fingerprint density at radius 3 is 2.35 bits per heavy atom. The predicted octanol–water partition coefficient (Wildman–Crippen LogP) is 4.03. The fourth-order valence-corrected chi connectivity index (χ4v) is 11.2. The summed E-state index contributed by atoms with van der Waals surface area (Å²) in [7, 11) is 4.16. The van der Waals surface area contributed by atoms with E-state index < -0.39 is 11.5 Å². The number of carbonyl (C=O) groups excluding carboxylic acids is 2. The van der Waals surface area contributed by atoms with Crippen LogP contribution in [0.15, 0.2) is 0 Å². The second-order valence-corrected chi connectivity index (χ2v) is 15.0. The summed E-state index contributed by atoms with van der Waals surface area (Å²) in [6, 6.07) is 0.150. The van der Waals surface area contributed by atoms with Gasteiger partial charge in [0.2, 0.25) is 5.91 Å². The Morgan fingerprint density at radius 2 is 1.76 bits per heavy atom. The molecule has 210 valence electrons. The van der Waals surface area contributed by atoms with E-state index in [-0.39, 0.29) is 69.9 Å². The zero-order chi connectivity index (χ0) is 27.3. The maximum absolute atomic E-state index is 14.4. The molecule has 0 aromatic carbocycles. The lowest BCUT2D eigenvalue weighted by Gasteiger charge is -2.63. The Hall–Kier alpha value is -0.980. The summed E-state index contributed by atoms with van der Waals surface area (Å²) >= 11 is 0. The zero-order valence-corrected chi connectivity index (χ0v) is 24.6. The molecule has 0 aromatic heterocycles. The number of nitrogens with zero attached hydrogens (tertiary/aromatic N) is 1. The van der Waals surface area contributed by atoms with Crippen LogP contribution in [0.25, 0.3) is 0 Å². The van der Waals surface area contributed by atoms with Crippen molar-refractivity contribution in [2.75, 3.05) is 20.7 Å². The summed E-state index contributed by atoms with van der Waals surface area (Å²) in [5.74, 6) is 1.07. The highest BCUT2D eigenvalue weighted by molar-refractivity contribution is 5.92. The molecular formula is C31H52N2O4. The Labute approximate surface area is 224 Å². The number of nitrogens with one attached hydrogen (secondary N) is 1. The third kappa shape index (κ3) is 3.21. The molecule has 6 nitrogen and oxygen atoms in total. The third-order valence-corrected chi connectivity index (χ3v) is 13.8. The molecule has 5 fully saturated rings. The molecule has 1 unspecified atom stereocenters. The average Bonchev–Trinajstić information content (AvgIpc) is 3.48. The minimum atomic E-state index is -0.422. The van der Waals surface area contributed by atoms with Crippen molar-refractivity contribution in [3.63, 3.8) is 0 Å². The number of amides is 1. The van der Waals surface area contributed by atoms with Crippen molar-refractivity contribution in [1.29, 1.82) is 0 Å². The van der Waals surface area contributed by atoms with Gasteiger partial charge < -0.3 is 20.4 Å². The minimum absolute atomic E-state index is 0.0364. The van der Waals surface area contributed by atoms with E-state index in [9.17, 15) is 19.8 Å². The Kier molecular flexibility index (Phi) is 6.34. The number of hydrogen-bond donors (Lipinski definition) is 3. The minimum Gasteiger partial charge on any atom is -0.396 e. The smallest absolute Gasteiger partial charge is 0.223 e. The van der Waals surface area contributed by atoms with Gasteiger partial charge in [0.25, 0.3) is 0 Å². The summed E-state index contributed by atoms with van der Waals surface area (Å²) in [4.78, 5) is 29.5. The SMILES string of the molecule is CC[C@H](C)C(=O)N[C@H]1CCC23C[C@]24C(=O)C[C@]2(C)[C@@H]([C@H](C)N(C)C)[C@H](O)C[C@@]2(C)[C@@H]4CC[C@H]3[C@]1(C)CO. The number of hydrogen-bond acceptors (Lipinski definition) is 5. The lowest BCUT2D eigenvalue weighted by molar-refractivity contribution is -0.173. The normalized spacial score (nSPS) is 52.0. The molecule has 12 atom stereocenters. The first-order valence-corrected chi connectivity index (χ1v) is 15.0. The summed E-state index contributed by atoms with van der Waals surface area (Å²) in [5.41, 5.74) is -1.11. The molecule has 0 bridgehead atoms. The van der Waals surface area contributed by atoms with Gasteiger partial charge in [-0.3, -0.25) is 9.59 Å². The summed E-state index contributed by atoms with van der Waals surface area (Å²) in [5, 5.41) is 25.6. The van der Waals surface area contributed by atoms with Crippen LogP contribution in [0.4, 0.5) is 0 Å². The van der Waals surface area contributed by atoms with Gasteiger partial charge in [0.15, 0.2) is 0 Å². The van der Waals surface area contributed by atoms with Crippen molar-refractivity contribution in [1.82, 2.24) is 10.2 Å². The van der Waals surface area contributed by atoms with E-state index in [0.717, 1.165) is 44.9 Å². The van der Waals surface area contributed by atoms with E-state index in [1.165, 1.54) is 0 Å². The Balaban J connectivity index is 1.49. The number of rotatable bonds is 6. The highest BCUT2D eigenvalue weighted by atomic mass is 16.3. The molecule has 5 saturated carbocycles. The standard InChI is InChI=1S/C31H52N2O4/c1-9-18(2)26(37)32-23-12-13-30-16-31(30)22(11-10-21(30)27(23,4)17-34)28(5)14-20(35)25(19(3)33(7)8)29(28,6)15-24(31)36/h18-23,25,34-35H,9-17H2,1-8H3,(H,32,37)/t18-,19-,20+,21-,22-,23-,25-,27-,28-,29+,30?,31-/m0/s1. The van der Waals surface area contributed by atoms with E-state index in [2.05, 4.69) is 52.0 Å². The second-order valence-electron chi connectivity index (χ2n) is 15.0. The first-order chi connectivity index (χ1) is 17.2. The number of aliphatic hydroxyl groups excluding tert-OH is 2. The summed E-state index contributed by atoms with van der Waals surface area (Å²) in [6.07, 6.45) is 6.42. The van der Waals surface area contributed by atoms with Crippen molar-refractivity contribution < 1.29 is 19.8 Å². The van der Waals surface area contributed by atoms with Gasteiger partial charge in [-0.2, -0.15) is 0 Å². The van der Waals surface area contributed by atoms with Crippen molar-refractivity contribution >= 4 is 11.7 Å². The van der Waals surface area contributed by atoms with E-state index in [4.69, 9.17) is 0 Å². The molecule has 0 aliphatic heterocycles. The molecule has 37 heavy (non-hydrogen) atoms. The molecule has 2 spiro atoms. The number of Topliss-reactive ketones (excluding diaryl/α,β-unsaturated/α-hetero) is 1. The summed E-state index contributed by atoms with van der Waals surface area (Å²) in [6.45, 7) is 13.1. The van der Waals surface area contributed by atoms with Crippen LogP contribution in [0.2, 0.25) is 0 Å². The molecule has 6 heteroatoms. The van der Waals surface area contributed by atoms with Gasteiger partial charge in [-0.1, -0.05) is 34.6 Å². The van der Waals surface area contributed by atoms with Crippen LogP contribution >= 0.6 is 0 Å². The van der Waals surface area contributed by atoms with Crippen molar-refractivity contribution in [2.45, 2.75) is 111 Å². The van der Waals surface area contributed by atoms with Crippen molar-refractivity contribution in [2.24, 2.45) is 50.7 Å². The molecule has 5 rings (SSSR count). The van der Waals surface area contributed by atoms with Gasteiger partial charge >= 0.3 is 0 Å². The molecule has 0 heterocycles. The molecule has 0 radical (unpaired) electrons. The number of ketones is 1. The molecule has 0 aromatic rings. The van der Waals surface area contributed by atoms with E-state index >= 15 is 0 Å². The quantitative estimate of drug-likeness (QED) is 0.496. The van der Waals surface area contributed by atoms with Crippen LogP contribution < -0.4 is 5.32 Å². The second kappa shape index (κ2) is 8.51. The molecule has 5 aliphatic rings. The summed E-state index contributed by atoms with van der Waals surface area (Å²) < 4.78 is 0. The zero-order valence-electron chi connectivity index (χ0n) is 24.6. The molecule has 0 saturated heterocycles. The molecule has 3 N–H and O–H groups in total. The highest BCUT2D eigenvalue weighted by Gasteiger charge is 2.86. The largest absolute Gasteiger partial charge is 0.396 e. The average molecular weight is 517 g/mol. The first-order valence-electron chi connectivity index (χ1n) is 15.0. The topological polar surface area (TPSA) is 89.9 Å². The maximum Gasteiger partial charge on any atom is 0.223 e. The number of fused-ring (bicyclic) bond motifs is 2. The van der Waals surface area contributed by atoms with Crippen LogP contribution in [-0.2, 0) is 9.59 Å². The molecule has 5 aliphatic carbocycles. The fraction of sp³-hybridized carbons (Fsp3) is 0.935. The Morgan fingerprint density at radius 1 is 1.11 bits per heavy atom. The van der Waals surface area contributed by atoms with E-state index in [0.29, 0.717) is 12.2 Å². The van der Waals surface area contributed by atoms with Crippen LogP contribution in [0, 0.1) is 50.7 Å². The molecular weight excluding hydrogens is 464 g/mol. The molecule has 1 amide bonds. The van der Waals surface area contributed by atoms with Crippen molar-refractivity contribution in [3.8, 4) is 0 Å². The van der Waals surface area contributed by atoms with Gasteiger partial charge in [-0.05, 0) is 94.0 Å². The van der Waals surface area contributed by atoms with Crippen LogP contribution in [0.3, 0.4) is 0 Å². The van der Waals surface area contributed by atoms with Crippen LogP contribution in [0.1, 0.15) is 92.9 Å².